The van der Waals surface area contributed by atoms with E-state index in [2.05, 4.69) is 31.3 Å². The second-order valence-corrected chi connectivity index (χ2v) is 6.97. The lowest BCUT2D eigenvalue weighted by Gasteiger charge is -2.36. The van der Waals surface area contributed by atoms with E-state index in [1.54, 1.807) is 31.4 Å². The van der Waals surface area contributed by atoms with Gasteiger partial charge in [0.1, 0.15) is 5.75 Å². The van der Waals surface area contributed by atoms with Crippen molar-refractivity contribution in [3.8, 4) is 11.8 Å². The number of benzene rings is 2. The van der Waals surface area contributed by atoms with E-state index < -0.39 is 6.10 Å². The van der Waals surface area contributed by atoms with Crippen LogP contribution in [0.25, 0.3) is 5.70 Å². The van der Waals surface area contributed by atoms with Crippen molar-refractivity contribution in [2.75, 3.05) is 7.11 Å². The lowest BCUT2D eigenvalue weighted by Crippen LogP contribution is -2.43. The summed E-state index contributed by atoms with van der Waals surface area (Å²) in [5, 5.41) is 23.0. The number of aliphatic hydroxyl groups excluding tert-OH is 1. The van der Waals surface area contributed by atoms with Crippen LogP contribution in [0.4, 0.5) is 0 Å². The molecule has 1 aliphatic rings. The van der Waals surface area contributed by atoms with Gasteiger partial charge in [0, 0.05) is 16.8 Å². The van der Waals surface area contributed by atoms with Crippen LogP contribution < -0.4 is 10.1 Å². The molecule has 0 aromatic heterocycles. The van der Waals surface area contributed by atoms with E-state index in [1.165, 1.54) is 5.56 Å². The van der Waals surface area contributed by atoms with E-state index in [0.29, 0.717) is 5.56 Å². The molecular weight excluding hydrogens is 312 g/mol. The number of ether oxygens (including phenoxy) is 1. The van der Waals surface area contributed by atoms with Crippen LogP contribution in [0.15, 0.2) is 48.5 Å². The molecule has 0 radical (unpaired) electrons. The van der Waals surface area contributed by atoms with Gasteiger partial charge in [0.05, 0.1) is 24.8 Å². The molecule has 2 aromatic carbocycles. The van der Waals surface area contributed by atoms with Crippen LogP contribution >= 0.6 is 0 Å². The highest BCUT2D eigenvalue weighted by Gasteiger charge is 2.28. The maximum absolute atomic E-state index is 10.6. The third-order valence-corrected chi connectivity index (χ3v) is 4.42. The summed E-state index contributed by atoms with van der Waals surface area (Å²) in [6, 6.07) is 15.1. The molecule has 0 spiro atoms. The van der Waals surface area contributed by atoms with Crippen LogP contribution in [-0.4, -0.2) is 17.8 Å². The maximum atomic E-state index is 10.6. The molecule has 0 fully saturated rings. The first-order chi connectivity index (χ1) is 11.9. The van der Waals surface area contributed by atoms with Crippen molar-refractivity contribution in [2.24, 2.45) is 0 Å². The molecule has 1 heterocycles. The monoisotopic (exact) mass is 334 g/mol. The predicted octanol–water partition coefficient (Wildman–Crippen LogP) is 3.57. The Morgan fingerprint density at radius 2 is 1.96 bits per heavy atom. The van der Waals surface area contributed by atoms with Gasteiger partial charge >= 0.3 is 0 Å². The summed E-state index contributed by atoms with van der Waals surface area (Å²) >= 11 is 0. The maximum Gasteiger partial charge on any atom is 0.119 e. The Hall–Kier alpha value is -2.77. The van der Waals surface area contributed by atoms with Crippen molar-refractivity contribution in [3.63, 3.8) is 0 Å². The summed E-state index contributed by atoms with van der Waals surface area (Å²) in [6.07, 6.45) is 1.96. The zero-order valence-corrected chi connectivity index (χ0v) is 14.7. The Kier molecular flexibility index (Phi) is 4.52. The first kappa shape index (κ1) is 17.1. The number of fused-ring (bicyclic) bond motifs is 1. The van der Waals surface area contributed by atoms with Crippen molar-refractivity contribution >= 4 is 5.70 Å². The van der Waals surface area contributed by atoms with Crippen LogP contribution in [0.1, 0.15) is 42.2 Å². The summed E-state index contributed by atoms with van der Waals surface area (Å²) < 4.78 is 5.35. The highest BCUT2D eigenvalue weighted by molar-refractivity contribution is 5.71. The SMILES string of the molecule is COc1ccc2c(c1)/C(=C/C(O)c1ccc(C#N)cc1)NC(C)(C)C2. The van der Waals surface area contributed by atoms with Crippen molar-refractivity contribution in [1.82, 2.24) is 5.32 Å². The summed E-state index contributed by atoms with van der Waals surface area (Å²) in [7, 11) is 1.65. The van der Waals surface area contributed by atoms with Gasteiger partial charge in [0.15, 0.2) is 0 Å². The van der Waals surface area contributed by atoms with Crippen molar-refractivity contribution in [1.29, 1.82) is 5.26 Å². The van der Waals surface area contributed by atoms with Gasteiger partial charge in [-0.25, -0.2) is 0 Å². The minimum Gasteiger partial charge on any atom is -0.497 e. The highest BCUT2D eigenvalue weighted by atomic mass is 16.5. The van der Waals surface area contributed by atoms with Gasteiger partial charge in [-0.1, -0.05) is 18.2 Å². The molecule has 25 heavy (non-hydrogen) atoms. The third kappa shape index (κ3) is 3.67. The Morgan fingerprint density at radius 1 is 1.24 bits per heavy atom. The quantitative estimate of drug-likeness (QED) is 0.901. The number of methoxy groups -OCH3 is 1. The number of rotatable bonds is 3. The van der Waals surface area contributed by atoms with E-state index >= 15 is 0 Å². The number of hydrogen-bond donors (Lipinski definition) is 2. The average molecular weight is 334 g/mol. The Labute approximate surface area is 148 Å². The summed E-state index contributed by atoms with van der Waals surface area (Å²) in [6.45, 7) is 4.28. The molecule has 4 nitrogen and oxygen atoms in total. The molecule has 3 rings (SSSR count). The minimum absolute atomic E-state index is 0.0994. The largest absolute Gasteiger partial charge is 0.497 e. The van der Waals surface area contributed by atoms with Gasteiger partial charge in [0.2, 0.25) is 0 Å². The topological polar surface area (TPSA) is 65.3 Å². The first-order valence-electron chi connectivity index (χ1n) is 8.27. The fourth-order valence-corrected chi connectivity index (χ4v) is 3.18. The van der Waals surface area contributed by atoms with Crippen LogP contribution in [0.3, 0.4) is 0 Å². The summed E-state index contributed by atoms with van der Waals surface area (Å²) in [5.74, 6) is 0.791. The average Bonchev–Trinajstić information content (AvgIpc) is 2.60. The van der Waals surface area contributed by atoms with Gasteiger partial charge in [-0.3, -0.25) is 0 Å². The van der Waals surface area contributed by atoms with Gasteiger partial charge in [-0.15, -0.1) is 0 Å². The lowest BCUT2D eigenvalue weighted by molar-refractivity contribution is 0.228. The second-order valence-electron chi connectivity index (χ2n) is 6.97. The molecule has 0 saturated heterocycles. The Morgan fingerprint density at radius 3 is 2.60 bits per heavy atom. The molecule has 0 saturated carbocycles. The van der Waals surface area contributed by atoms with Gasteiger partial charge in [0.25, 0.3) is 0 Å². The fourth-order valence-electron chi connectivity index (χ4n) is 3.18. The van der Waals surface area contributed by atoms with E-state index in [-0.39, 0.29) is 5.54 Å². The summed E-state index contributed by atoms with van der Waals surface area (Å²) in [4.78, 5) is 0. The third-order valence-electron chi connectivity index (χ3n) is 4.42. The van der Waals surface area contributed by atoms with E-state index in [9.17, 15) is 5.11 Å². The van der Waals surface area contributed by atoms with Gasteiger partial charge < -0.3 is 15.2 Å². The van der Waals surface area contributed by atoms with Crippen molar-refractivity contribution in [3.05, 3.63) is 70.8 Å². The zero-order chi connectivity index (χ0) is 18.0. The number of nitrogens with zero attached hydrogens (tertiary/aromatic N) is 1. The molecule has 1 aliphatic heterocycles. The molecule has 1 atom stereocenters. The smallest absolute Gasteiger partial charge is 0.119 e. The Bertz CT molecular complexity index is 845. The number of nitriles is 1. The first-order valence-corrected chi connectivity index (χ1v) is 8.27. The minimum atomic E-state index is -0.761. The molecular formula is C21H22N2O2. The molecule has 2 N–H and O–H groups in total. The molecule has 0 amide bonds. The van der Waals surface area contributed by atoms with Crippen LogP contribution in [0.5, 0.6) is 5.75 Å². The zero-order valence-electron chi connectivity index (χ0n) is 14.7. The molecule has 1 unspecified atom stereocenters. The fraction of sp³-hybridized carbons (Fsp3) is 0.286. The molecule has 2 aromatic rings. The van der Waals surface area contributed by atoms with Crippen LogP contribution in [0, 0.1) is 11.3 Å². The molecule has 128 valence electrons. The number of nitrogens with one attached hydrogen (secondary N) is 1. The Balaban J connectivity index is 1.99. The number of aliphatic hydroxyl groups is 1. The highest BCUT2D eigenvalue weighted by Crippen LogP contribution is 2.33. The van der Waals surface area contributed by atoms with Crippen LogP contribution in [-0.2, 0) is 6.42 Å². The molecule has 0 aliphatic carbocycles. The van der Waals surface area contributed by atoms with E-state index in [0.717, 1.165) is 29.0 Å². The van der Waals surface area contributed by atoms with Crippen molar-refractivity contribution < 1.29 is 9.84 Å². The molecule has 4 heteroatoms. The van der Waals surface area contributed by atoms with Crippen molar-refractivity contribution in [2.45, 2.75) is 31.9 Å². The van der Waals surface area contributed by atoms with Gasteiger partial charge in [-0.05, 0) is 61.7 Å². The standard InChI is InChI=1S/C21H22N2O2/c1-21(2)12-16-8-9-17(25-3)10-18(16)19(23-21)11-20(24)15-6-4-14(13-22)5-7-15/h4-11,20,23-24H,12H2,1-3H3/b19-11-. The predicted molar refractivity (Wildman–Crippen MR) is 98.0 cm³/mol. The summed E-state index contributed by atoms with van der Waals surface area (Å²) in [5.41, 5.74) is 4.39. The van der Waals surface area contributed by atoms with Crippen LogP contribution in [0.2, 0.25) is 0 Å². The lowest BCUT2D eigenvalue weighted by atomic mass is 9.85. The number of hydrogen-bond acceptors (Lipinski definition) is 4. The second kappa shape index (κ2) is 6.62. The molecule has 0 bridgehead atoms. The van der Waals surface area contributed by atoms with Gasteiger partial charge in [-0.2, -0.15) is 5.26 Å². The van der Waals surface area contributed by atoms with E-state index in [4.69, 9.17) is 10.00 Å². The normalized spacial score (nSPS) is 18.0. The van der Waals surface area contributed by atoms with E-state index in [1.807, 2.05) is 18.2 Å².